The standard InChI is InChI=1S/C12H18BrN3O3/c1-12(7-19-6-9(12)14)11(17)10-8(13)5-15-16(10)3-4-18-2/h5,9H,3-4,6-7,14H2,1-2H3. The lowest BCUT2D eigenvalue weighted by Gasteiger charge is -2.25. The summed E-state index contributed by atoms with van der Waals surface area (Å²) in [4.78, 5) is 12.8. The Hall–Kier alpha value is -0.760. The van der Waals surface area contributed by atoms with Gasteiger partial charge in [0.1, 0.15) is 5.69 Å². The topological polar surface area (TPSA) is 79.4 Å². The van der Waals surface area contributed by atoms with Gasteiger partial charge in [0.2, 0.25) is 0 Å². The van der Waals surface area contributed by atoms with E-state index in [1.807, 2.05) is 6.92 Å². The Morgan fingerprint density at radius 2 is 2.53 bits per heavy atom. The highest BCUT2D eigenvalue weighted by Gasteiger charge is 2.46. The number of nitrogens with zero attached hydrogens (tertiary/aromatic N) is 2. The maximum Gasteiger partial charge on any atom is 0.191 e. The smallest absolute Gasteiger partial charge is 0.191 e. The minimum Gasteiger partial charge on any atom is -0.383 e. The molecule has 1 aromatic heterocycles. The average molecular weight is 332 g/mol. The third kappa shape index (κ3) is 2.60. The summed E-state index contributed by atoms with van der Waals surface area (Å²) >= 11 is 3.37. The van der Waals surface area contributed by atoms with Gasteiger partial charge in [0.15, 0.2) is 5.78 Å². The highest BCUT2D eigenvalue weighted by atomic mass is 79.9. The second-order valence-electron chi connectivity index (χ2n) is 4.93. The zero-order valence-electron chi connectivity index (χ0n) is 11.1. The molecule has 0 aliphatic carbocycles. The molecule has 6 nitrogen and oxygen atoms in total. The van der Waals surface area contributed by atoms with Crippen LogP contribution in [-0.4, -0.2) is 48.5 Å². The Morgan fingerprint density at radius 3 is 3.11 bits per heavy atom. The summed E-state index contributed by atoms with van der Waals surface area (Å²) in [7, 11) is 1.61. The Labute approximate surface area is 120 Å². The lowest BCUT2D eigenvalue weighted by atomic mass is 9.80. The van der Waals surface area contributed by atoms with Gasteiger partial charge in [-0.3, -0.25) is 9.48 Å². The number of methoxy groups -OCH3 is 1. The van der Waals surface area contributed by atoms with Gasteiger partial charge in [-0.2, -0.15) is 5.10 Å². The van der Waals surface area contributed by atoms with Crippen molar-refractivity contribution < 1.29 is 14.3 Å². The van der Waals surface area contributed by atoms with E-state index in [0.29, 0.717) is 36.5 Å². The highest BCUT2D eigenvalue weighted by Crippen LogP contribution is 2.33. The number of hydrogen-bond acceptors (Lipinski definition) is 5. The van der Waals surface area contributed by atoms with Crippen LogP contribution in [0.5, 0.6) is 0 Å². The summed E-state index contributed by atoms with van der Waals surface area (Å²) in [6.45, 7) is 3.61. The molecule has 1 saturated heterocycles. The number of halogens is 1. The molecule has 7 heteroatoms. The van der Waals surface area contributed by atoms with Crippen LogP contribution in [0.4, 0.5) is 0 Å². The van der Waals surface area contributed by atoms with Crippen LogP contribution in [0.3, 0.4) is 0 Å². The van der Waals surface area contributed by atoms with E-state index in [-0.39, 0.29) is 11.8 Å². The summed E-state index contributed by atoms with van der Waals surface area (Å²) < 4.78 is 12.7. The lowest BCUT2D eigenvalue weighted by Crippen LogP contribution is -2.45. The van der Waals surface area contributed by atoms with E-state index in [9.17, 15) is 4.79 Å². The number of rotatable bonds is 5. The van der Waals surface area contributed by atoms with Crippen molar-refractivity contribution in [1.82, 2.24) is 9.78 Å². The molecule has 0 saturated carbocycles. The number of Topliss-reactive ketones (excluding diaryl/α,β-unsaturated/α-hetero) is 1. The van der Waals surface area contributed by atoms with Crippen molar-refractivity contribution in [3.05, 3.63) is 16.4 Å². The largest absolute Gasteiger partial charge is 0.383 e. The fourth-order valence-corrected chi connectivity index (χ4v) is 2.61. The lowest BCUT2D eigenvalue weighted by molar-refractivity contribution is 0.0752. The van der Waals surface area contributed by atoms with Crippen molar-refractivity contribution in [2.75, 3.05) is 26.9 Å². The Balaban J connectivity index is 2.30. The fourth-order valence-electron chi connectivity index (χ4n) is 2.13. The van der Waals surface area contributed by atoms with Crippen molar-refractivity contribution in [2.24, 2.45) is 11.1 Å². The van der Waals surface area contributed by atoms with Crippen LogP contribution in [-0.2, 0) is 16.0 Å². The van der Waals surface area contributed by atoms with Gasteiger partial charge in [0.25, 0.3) is 0 Å². The second kappa shape index (κ2) is 5.70. The molecule has 19 heavy (non-hydrogen) atoms. The van der Waals surface area contributed by atoms with Crippen molar-refractivity contribution in [3.63, 3.8) is 0 Å². The number of aromatic nitrogens is 2. The van der Waals surface area contributed by atoms with Crippen molar-refractivity contribution in [3.8, 4) is 0 Å². The van der Waals surface area contributed by atoms with E-state index in [4.69, 9.17) is 15.2 Å². The van der Waals surface area contributed by atoms with E-state index < -0.39 is 5.41 Å². The number of hydrogen-bond donors (Lipinski definition) is 1. The molecule has 0 bridgehead atoms. The first kappa shape index (κ1) is 14.6. The first-order chi connectivity index (χ1) is 9.00. The number of nitrogens with two attached hydrogens (primary N) is 1. The zero-order valence-corrected chi connectivity index (χ0v) is 12.6. The third-order valence-corrected chi connectivity index (χ3v) is 4.13. The quantitative estimate of drug-likeness (QED) is 0.809. The summed E-state index contributed by atoms with van der Waals surface area (Å²) in [5, 5.41) is 4.19. The van der Waals surface area contributed by atoms with Crippen molar-refractivity contribution in [2.45, 2.75) is 19.5 Å². The van der Waals surface area contributed by atoms with Gasteiger partial charge < -0.3 is 15.2 Å². The van der Waals surface area contributed by atoms with Gasteiger partial charge in [-0.15, -0.1) is 0 Å². The summed E-state index contributed by atoms with van der Waals surface area (Å²) in [5.41, 5.74) is 5.83. The normalized spacial score (nSPS) is 26.8. The first-order valence-corrected chi connectivity index (χ1v) is 6.88. The van der Waals surface area contributed by atoms with Crippen LogP contribution >= 0.6 is 15.9 Å². The minimum atomic E-state index is -0.701. The molecule has 1 aliphatic rings. The first-order valence-electron chi connectivity index (χ1n) is 6.09. The molecule has 0 radical (unpaired) electrons. The van der Waals surface area contributed by atoms with Gasteiger partial charge in [-0.25, -0.2) is 0 Å². The molecule has 0 spiro atoms. The van der Waals surface area contributed by atoms with Gasteiger partial charge >= 0.3 is 0 Å². The molecule has 1 aliphatic heterocycles. The molecule has 2 atom stereocenters. The molecule has 106 valence electrons. The van der Waals surface area contributed by atoms with Crippen LogP contribution in [0.25, 0.3) is 0 Å². The average Bonchev–Trinajstić information content (AvgIpc) is 2.91. The van der Waals surface area contributed by atoms with E-state index >= 15 is 0 Å². The molecule has 0 aromatic carbocycles. The maximum absolute atomic E-state index is 12.8. The molecule has 2 unspecified atom stereocenters. The predicted molar refractivity (Wildman–Crippen MR) is 73.0 cm³/mol. The molecular weight excluding hydrogens is 314 g/mol. The van der Waals surface area contributed by atoms with Crippen LogP contribution in [0, 0.1) is 5.41 Å². The summed E-state index contributed by atoms with van der Waals surface area (Å²) in [5.74, 6) is -0.0435. The highest BCUT2D eigenvalue weighted by molar-refractivity contribution is 9.10. The SMILES string of the molecule is COCCn1ncc(Br)c1C(=O)C1(C)COCC1N. The van der Waals surface area contributed by atoms with E-state index in [1.54, 1.807) is 18.0 Å². The van der Waals surface area contributed by atoms with Crippen LogP contribution < -0.4 is 5.73 Å². The van der Waals surface area contributed by atoms with Crippen LogP contribution in [0.2, 0.25) is 0 Å². The fraction of sp³-hybridized carbons (Fsp3) is 0.667. The summed E-state index contributed by atoms with van der Waals surface area (Å²) in [6.07, 6.45) is 1.62. The zero-order chi connectivity index (χ0) is 14.0. The molecule has 1 aromatic rings. The minimum absolute atomic E-state index is 0.0435. The van der Waals surface area contributed by atoms with E-state index in [2.05, 4.69) is 21.0 Å². The second-order valence-corrected chi connectivity index (χ2v) is 5.78. The molecular formula is C12H18BrN3O3. The summed E-state index contributed by atoms with van der Waals surface area (Å²) in [6, 6.07) is -0.294. The number of ketones is 1. The number of carbonyl (C=O) groups excluding carboxylic acids is 1. The van der Waals surface area contributed by atoms with Crippen LogP contribution in [0.15, 0.2) is 10.7 Å². The van der Waals surface area contributed by atoms with Crippen molar-refractivity contribution >= 4 is 21.7 Å². The molecule has 1 fully saturated rings. The van der Waals surface area contributed by atoms with Crippen molar-refractivity contribution in [1.29, 1.82) is 0 Å². The number of ether oxygens (including phenoxy) is 2. The predicted octanol–water partition coefficient (Wildman–Crippen LogP) is 0.838. The molecule has 2 N–H and O–H groups in total. The van der Waals surface area contributed by atoms with Gasteiger partial charge in [-0.1, -0.05) is 0 Å². The third-order valence-electron chi connectivity index (χ3n) is 3.55. The van der Waals surface area contributed by atoms with E-state index in [1.165, 1.54) is 0 Å². The van der Waals surface area contributed by atoms with Gasteiger partial charge in [0, 0.05) is 13.2 Å². The van der Waals surface area contributed by atoms with E-state index in [0.717, 1.165) is 0 Å². The maximum atomic E-state index is 12.8. The van der Waals surface area contributed by atoms with Crippen LogP contribution in [0.1, 0.15) is 17.4 Å². The molecule has 2 heterocycles. The number of carbonyl (C=O) groups is 1. The monoisotopic (exact) mass is 331 g/mol. The van der Waals surface area contributed by atoms with Gasteiger partial charge in [0.05, 0.1) is 42.4 Å². The molecule has 2 rings (SSSR count). The Morgan fingerprint density at radius 1 is 1.79 bits per heavy atom. The Bertz CT molecular complexity index is 477. The van der Waals surface area contributed by atoms with Gasteiger partial charge in [-0.05, 0) is 22.9 Å². The Kier molecular flexibility index (Phi) is 4.39. The molecule has 0 amide bonds.